The molecule has 0 aliphatic carbocycles. The number of guanidine groups is 1. The quantitative estimate of drug-likeness (QED) is 0.463. The van der Waals surface area contributed by atoms with Crippen LogP contribution in [0.3, 0.4) is 0 Å². The fraction of sp³-hybridized carbons (Fsp3) is 0.913. The minimum atomic E-state index is -0.454. The van der Waals surface area contributed by atoms with Crippen LogP contribution in [0.1, 0.15) is 53.4 Å². The van der Waals surface area contributed by atoms with Gasteiger partial charge in [-0.3, -0.25) is 9.89 Å². The summed E-state index contributed by atoms with van der Waals surface area (Å²) in [5.41, 5.74) is -0.454. The van der Waals surface area contributed by atoms with Gasteiger partial charge in [0.2, 0.25) is 0 Å². The van der Waals surface area contributed by atoms with E-state index in [1.165, 1.54) is 12.8 Å². The molecule has 0 aromatic carbocycles. The van der Waals surface area contributed by atoms with E-state index in [1.807, 2.05) is 39.6 Å². The second-order valence-corrected chi connectivity index (χ2v) is 9.70. The highest BCUT2D eigenvalue weighted by Gasteiger charge is 2.28. The third-order valence-corrected chi connectivity index (χ3v) is 6.22. The molecule has 0 radical (unpaired) electrons. The Hall–Kier alpha value is -1.54. The lowest BCUT2D eigenvalue weighted by molar-refractivity contribution is 0.0214. The summed E-state index contributed by atoms with van der Waals surface area (Å²) in [7, 11) is 3.63. The second-order valence-electron chi connectivity index (χ2n) is 9.70. The molecule has 2 aliphatic rings. The maximum absolute atomic E-state index is 12.4. The Bertz CT molecular complexity index is 570. The molecule has 0 aromatic heterocycles. The molecule has 2 rings (SSSR count). The Balaban J connectivity index is 1.77. The van der Waals surface area contributed by atoms with Crippen molar-refractivity contribution < 1.29 is 14.3 Å². The monoisotopic (exact) mass is 439 g/mol. The molecule has 1 unspecified atom stereocenters. The van der Waals surface area contributed by atoms with Gasteiger partial charge in [-0.05, 0) is 65.8 Å². The topological polar surface area (TPSA) is 69.6 Å². The van der Waals surface area contributed by atoms with E-state index in [9.17, 15) is 4.79 Å². The van der Waals surface area contributed by atoms with Crippen molar-refractivity contribution >= 4 is 12.1 Å². The molecule has 0 saturated carbocycles. The van der Waals surface area contributed by atoms with Gasteiger partial charge in [0.15, 0.2) is 5.96 Å². The van der Waals surface area contributed by atoms with Crippen molar-refractivity contribution in [3.8, 4) is 0 Å². The van der Waals surface area contributed by atoms with Gasteiger partial charge in [-0.25, -0.2) is 4.79 Å². The van der Waals surface area contributed by atoms with Gasteiger partial charge in [0, 0.05) is 59.5 Å². The highest BCUT2D eigenvalue weighted by atomic mass is 16.6. The Morgan fingerprint density at radius 3 is 2.48 bits per heavy atom. The minimum Gasteiger partial charge on any atom is -0.444 e. The van der Waals surface area contributed by atoms with E-state index >= 15 is 0 Å². The van der Waals surface area contributed by atoms with Crippen LogP contribution in [0.4, 0.5) is 4.79 Å². The number of methoxy groups -OCH3 is 1. The highest BCUT2D eigenvalue weighted by molar-refractivity contribution is 5.80. The zero-order valence-electron chi connectivity index (χ0n) is 20.7. The summed E-state index contributed by atoms with van der Waals surface area (Å²) in [6.07, 6.45) is 4.40. The van der Waals surface area contributed by atoms with Crippen molar-refractivity contribution in [1.29, 1.82) is 0 Å². The number of amides is 1. The number of ether oxygens (including phenoxy) is 2. The number of carbonyl (C=O) groups is 1. The molecule has 0 spiro atoms. The maximum atomic E-state index is 12.4. The molecule has 1 amide bonds. The Morgan fingerprint density at radius 2 is 1.90 bits per heavy atom. The SMILES string of the molecule is CCN(CC1CCN(C(=NC)NCC2CCCN2CCOC)CC1)C(=O)OC(C)(C)C. The fourth-order valence-corrected chi connectivity index (χ4v) is 4.47. The number of hydrogen-bond acceptors (Lipinski definition) is 5. The van der Waals surface area contributed by atoms with Gasteiger partial charge in [0.25, 0.3) is 0 Å². The lowest BCUT2D eigenvalue weighted by atomic mass is 9.96. The number of rotatable bonds is 8. The molecule has 1 N–H and O–H groups in total. The van der Waals surface area contributed by atoms with E-state index in [2.05, 4.69) is 20.1 Å². The Labute approximate surface area is 189 Å². The standard InChI is InChI=1S/C23H45N5O3/c1-7-26(22(29)31-23(2,3)4)18-19-10-13-28(14-11-19)21(24-5)25-17-20-9-8-12-27(20)15-16-30-6/h19-20H,7-18H2,1-6H3,(H,24,25). The van der Waals surface area contributed by atoms with Gasteiger partial charge in [0.05, 0.1) is 6.61 Å². The van der Waals surface area contributed by atoms with Crippen LogP contribution in [0.15, 0.2) is 4.99 Å². The van der Waals surface area contributed by atoms with Crippen LogP contribution in [-0.4, -0.2) is 105 Å². The molecule has 0 bridgehead atoms. The second kappa shape index (κ2) is 12.5. The van der Waals surface area contributed by atoms with Crippen LogP contribution in [0.25, 0.3) is 0 Å². The van der Waals surface area contributed by atoms with E-state index in [4.69, 9.17) is 9.47 Å². The van der Waals surface area contributed by atoms with Gasteiger partial charge < -0.3 is 24.6 Å². The summed E-state index contributed by atoms with van der Waals surface area (Å²) in [5, 5.41) is 3.61. The number of carbonyl (C=O) groups excluding carboxylic acids is 1. The predicted molar refractivity (Wildman–Crippen MR) is 126 cm³/mol. The van der Waals surface area contributed by atoms with Gasteiger partial charge in [-0.1, -0.05) is 0 Å². The third kappa shape index (κ3) is 8.48. The Morgan fingerprint density at radius 1 is 1.19 bits per heavy atom. The number of aliphatic imine (C=N–C) groups is 1. The van der Waals surface area contributed by atoms with E-state index in [1.54, 1.807) is 7.11 Å². The summed E-state index contributed by atoms with van der Waals surface area (Å²) in [6.45, 7) is 15.0. The van der Waals surface area contributed by atoms with E-state index in [0.29, 0.717) is 18.5 Å². The van der Waals surface area contributed by atoms with Crippen LogP contribution in [0, 0.1) is 5.92 Å². The van der Waals surface area contributed by atoms with Gasteiger partial charge >= 0.3 is 6.09 Å². The van der Waals surface area contributed by atoms with Crippen molar-refractivity contribution in [2.45, 2.75) is 65.0 Å². The summed E-state index contributed by atoms with van der Waals surface area (Å²) in [5.74, 6) is 1.50. The molecule has 2 saturated heterocycles. The van der Waals surface area contributed by atoms with E-state index in [0.717, 1.165) is 64.7 Å². The van der Waals surface area contributed by atoms with Crippen LogP contribution in [0.5, 0.6) is 0 Å². The van der Waals surface area contributed by atoms with Crippen molar-refractivity contribution in [3.63, 3.8) is 0 Å². The fourth-order valence-electron chi connectivity index (χ4n) is 4.47. The molecule has 180 valence electrons. The van der Waals surface area contributed by atoms with Crippen molar-refractivity contribution in [2.75, 3.05) is 66.6 Å². The number of piperidine rings is 1. The van der Waals surface area contributed by atoms with Crippen molar-refractivity contribution in [3.05, 3.63) is 0 Å². The Kier molecular flexibility index (Phi) is 10.4. The number of nitrogens with one attached hydrogen (secondary N) is 1. The highest BCUT2D eigenvalue weighted by Crippen LogP contribution is 2.21. The van der Waals surface area contributed by atoms with Crippen molar-refractivity contribution in [1.82, 2.24) is 20.0 Å². The van der Waals surface area contributed by atoms with Crippen LogP contribution in [0.2, 0.25) is 0 Å². The van der Waals surface area contributed by atoms with Crippen LogP contribution < -0.4 is 5.32 Å². The first-order valence-electron chi connectivity index (χ1n) is 11.9. The van der Waals surface area contributed by atoms with Gasteiger partial charge in [0.1, 0.15) is 5.60 Å². The number of nitrogens with zero attached hydrogens (tertiary/aromatic N) is 4. The molecule has 8 heteroatoms. The predicted octanol–water partition coefficient (Wildman–Crippen LogP) is 2.64. The zero-order valence-corrected chi connectivity index (χ0v) is 20.7. The summed E-state index contributed by atoms with van der Waals surface area (Å²) in [6, 6.07) is 0.552. The smallest absolute Gasteiger partial charge is 0.410 e. The van der Waals surface area contributed by atoms with Gasteiger partial charge in [-0.15, -0.1) is 0 Å². The van der Waals surface area contributed by atoms with Gasteiger partial charge in [-0.2, -0.15) is 0 Å². The molecular formula is C23H45N5O3. The average molecular weight is 440 g/mol. The molecular weight excluding hydrogens is 394 g/mol. The number of hydrogen-bond donors (Lipinski definition) is 1. The van der Waals surface area contributed by atoms with Crippen LogP contribution >= 0.6 is 0 Å². The molecule has 31 heavy (non-hydrogen) atoms. The lowest BCUT2D eigenvalue weighted by Gasteiger charge is -2.37. The van der Waals surface area contributed by atoms with E-state index in [-0.39, 0.29) is 6.09 Å². The zero-order chi connectivity index (χ0) is 22.9. The maximum Gasteiger partial charge on any atom is 0.410 e. The first-order chi connectivity index (χ1) is 14.8. The van der Waals surface area contributed by atoms with E-state index < -0.39 is 5.60 Å². The normalized spacial score (nSPS) is 21.4. The van der Waals surface area contributed by atoms with Crippen LogP contribution in [-0.2, 0) is 9.47 Å². The summed E-state index contributed by atoms with van der Waals surface area (Å²) < 4.78 is 10.8. The summed E-state index contributed by atoms with van der Waals surface area (Å²) >= 11 is 0. The largest absolute Gasteiger partial charge is 0.444 e. The number of likely N-dealkylation sites (tertiary alicyclic amines) is 2. The molecule has 2 heterocycles. The third-order valence-electron chi connectivity index (χ3n) is 6.22. The lowest BCUT2D eigenvalue weighted by Crippen LogP contribution is -2.50. The molecule has 0 aromatic rings. The first-order valence-corrected chi connectivity index (χ1v) is 11.9. The summed E-state index contributed by atoms with van der Waals surface area (Å²) in [4.78, 5) is 23.7. The molecule has 1 atom stereocenters. The average Bonchev–Trinajstić information content (AvgIpc) is 3.17. The minimum absolute atomic E-state index is 0.204. The molecule has 8 nitrogen and oxygen atoms in total. The molecule has 2 aliphatic heterocycles. The molecule has 2 fully saturated rings. The first kappa shape index (κ1) is 25.7. The van der Waals surface area contributed by atoms with Crippen molar-refractivity contribution in [2.24, 2.45) is 10.9 Å².